The standard InChI is InChI=1S/C19H20/c1-15(14-16-8-3-2-4-9-16)18-13-7-11-17-10-5-6-12-19(17)18/h2-4,7-9,11,13H,1,5-6,10,12,14H2. The second kappa shape index (κ2) is 5.44. The first kappa shape index (κ1) is 12.2. The van der Waals surface area contributed by atoms with Crippen LogP contribution in [0.15, 0.2) is 55.1 Å². The summed E-state index contributed by atoms with van der Waals surface area (Å²) < 4.78 is 0. The third kappa shape index (κ3) is 2.63. The van der Waals surface area contributed by atoms with Crippen molar-refractivity contribution in [1.82, 2.24) is 0 Å². The van der Waals surface area contributed by atoms with E-state index >= 15 is 0 Å². The van der Waals surface area contributed by atoms with Gasteiger partial charge in [-0.05, 0) is 59.9 Å². The van der Waals surface area contributed by atoms with Crippen molar-refractivity contribution in [3.8, 4) is 0 Å². The lowest BCUT2D eigenvalue weighted by Crippen LogP contribution is -2.06. The van der Waals surface area contributed by atoms with Gasteiger partial charge in [0.25, 0.3) is 0 Å². The number of rotatable bonds is 3. The predicted octanol–water partition coefficient (Wildman–Crippen LogP) is 4.82. The Morgan fingerprint density at radius 1 is 0.895 bits per heavy atom. The van der Waals surface area contributed by atoms with Crippen LogP contribution in [-0.4, -0.2) is 0 Å². The molecule has 2 aromatic carbocycles. The van der Waals surface area contributed by atoms with E-state index in [9.17, 15) is 0 Å². The van der Waals surface area contributed by atoms with E-state index in [0.29, 0.717) is 0 Å². The summed E-state index contributed by atoms with van der Waals surface area (Å²) in [5.41, 5.74) is 7.08. The number of hydrogen-bond donors (Lipinski definition) is 0. The molecule has 0 unspecified atom stereocenters. The van der Waals surface area contributed by atoms with E-state index in [2.05, 4.69) is 55.1 Å². The van der Waals surface area contributed by atoms with E-state index in [1.54, 1.807) is 5.56 Å². The molecule has 1 aliphatic rings. The fraction of sp³-hybridized carbons (Fsp3) is 0.263. The Balaban J connectivity index is 1.88. The Bertz CT molecular complexity index is 578. The van der Waals surface area contributed by atoms with Gasteiger partial charge in [0.2, 0.25) is 0 Å². The molecular weight excluding hydrogens is 228 g/mol. The van der Waals surface area contributed by atoms with Gasteiger partial charge in [-0.3, -0.25) is 0 Å². The predicted molar refractivity (Wildman–Crippen MR) is 82.3 cm³/mol. The highest BCUT2D eigenvalue weighted by molar-refractivity contribution is 5.69. The monoisotopic (exact) mass is 248 g/mol. The van der Waals surface area contributed by atoms with E-state index < -0.39 is 0 Å². The number of benzene rings is 2. The van der Waals surface area contributed by atoms with E-state index in [-0.39, 0.29) is 0 Å². The Kier molecular flexibility index (Phi) is 3.50. The molecule has 3 rings (SSSR count). The van der Waals surface area contributed by atoms with Gasteiger partial charge in [-0.25, -0.2) is 0 Å². The summed E-state index contributed by atoms with van der Waals surface area (Å²) in [7, 11) is 0. The van der Waals surface area contributed by atoms with Crippen molar-refractivity contribution < 1.29 is 0 Å². The maximum atomic E-state index is 4.33. The normalized spacial score (nSPS) is 13.9. The molecule has 0 fully saturated rings. The Hall–Kier alpha value is -1.82. The van der Waals surface area contributed by atoms with Crippen LogP contribution in [0.5, 0.6) is 0 Å². The Morgan fingerprint density at radius 3 is 2.53 bits per heavy atom. The lowest BCUT2D eigenvalue weighted by atomic mass is 9.85. The zero-order valence-electron chi connectivity index (χ0n) is 11.4. The van der Waals surface area contributed by atoms with E-state index in [0.717, 1.165) is 6.42 Å². The molecule has 0 heterocycles. The highest BCUT2D eigenvalue weighted by Crippen LogP contribution is 2.29. The number of allylic oxidation sites excluding steroid dienone is 1. The van der Waals surface area contributed by atoms with Crippen molar-refractivity contribution in [3.63, 3.8) is 0 Å². The molecule has 19 heavy (non-hydrogen) atoms. The molecule has 1 aliphatic carbocycles. The van der Waals surface area contributed by atoms with Crippen LogP contribution >= 0.6 is 0 Å². The Morgan fingerprint density at radius 2 is 1.68 bits per heavy atom. The van der Waals surface area contributed by atoms with Crippen molar-refractivity contribution in [2.75, 3.05) is 0 Å². The minimum atomic E-state index is 0.956. The van der Waals surface area contributed by atoms with Crippen LogP contribution in [0.25, 0.3) is 5.57 Å². The number of hydrogen-bond acceptors (Lipinski definition) is 0. The molecular formula is C19H20. The van der Waals surface area contributed by atoms with E-state index in [4.69, 9.17) is 0 Å². The van der Waals surface area contributed by atoms with Crippen LogP contribution in [0.1, 0.15) is 35.1 Å². The molecule has 2 aromatic rings. The summed E-state index contributed by atoms with van der Waals surface area (Å²) in [5.74, 6) is 0. The SMILES string of the molecule is C=C(Cc1ccccc1)c1cccc2c1CCCC2. The molecule has 0 atom stereocenters. The molecule has 0 saturated heterocycles. The second-order valence-electron chi connectivity index (χ2n) is 5.42. The third-order valence-electron chi connectivity index (χ3n) is 4.04. The summed E-state index contributed by atoms with van der Waals surface area (Å²) in [4.78, 5) is 0. The average molecular weight is 248 g/mol. The summed E-state index contributed by atoms with van der Waals surface area (Å²) in [6.45, 7) is 4.33. The minimum Gasteiger partial charge on any atom is -0.0949 e. The molecule has 0 aliphatic heterocycles. The molecule has 0 aromatic heterocycles. The summed E-state index contributed by atoms with van der Waals surface area (Å²) >= 11 is 0. The van der Waals surface area contributed by atoms with E-state index in [1.165, 1.54) is 47.9 Å². The van der Waals surface area contributed by atoms with Crippen molar-refractivity contribution in [1.29, 1.82) is 0 Å². The van der Waals surface area contributed by atoms with Gasteiger partial charge in [0, 0.05) is 0 Å². The lowest BCUT2D eigenvalue weighted by molar-refractivity contribution is 0.684. The molecule has 0 radical (unpaired) electrons. The Labute approximate surface area is 115 Å². The first-order chi connectivity index (χ1) is 9.34. The highest BCUT2D eigenvalue weighted by Gasteiger charge is 2.14. The smallest absolute Gasteiger partial charge is 0.00256 e. The third-order valence-corrected chi connectivity index (χ3v) is 4.04. The maximum Gasteiger partial charge on any atom is -0.00256 e. The van der Waals surface area contributed by atoms with Crippen LogP contribution in [0.2, 0.25) is 0 Å². The molecule has 96 valence electrons. The van der Waals surface area contributed by atoms with Gasteiger partial charge in [-0.1, -0.05) is 55.1 Å². The van der Waals surface area contributed by atoms with Crippen LogP contribution in [0.3, 0.4) is 0 Å². The fourth-order valence-electron chi connectivity index (χ4n) is 3.05. The summed E-state index contributed by atoms with van der Waals surface area (Å²) in [5, 5.41) is 0. The first-order valence-electron chi connectivity index (χ1n) is 7.17. The molecule has 0 heteroatoms. The average Bonchev–Trinajstić information content (AvgIpc) is 2.47. The van der Waals surface area contributed by atoms with Gasteiger partial charge in [0.15, 0.2) is 0 Å². The van der Waals surface area contributed by atoms with Crippen molar-refractivity contribution in [2.24, 2.45) is 0 Å². The lowest BCUT2D eigenvalue weighted by Gasteiger charge is -2.20. The molecule has 0 nitrogen and oxygen atoms in total. The van der Waals surface area contributed by atoms with Gasteiger partial charge < -0.3 is 0 Å². The quantitative estimate of drug-likeness (QED) is 0.730. The maximum absolute atomic E-state index is 4.33. The second-order valence-corrected chi connectivity index (χ2v) is 5.42. The zero-order valence-corrected chi connectivity index (χ0v) is 11.4. The summed E-state index contributed by atoms with van der Waals surface area (Å²) in [6, 6.07) is 17.4. The molecule has 0 amide bonds. The van der Waals surface area contributed by atoms with Crippen molar-refractivity contribution in [3.05, 3.63) is 77.4 Å². The van der Waals surface area contributed by atoms with Crippen molar-refractivity contribution in [2.45, 2.75) is 32.1 Å². The van der Waals surface area contributed by atoms with Crippen LogP contribution in [0.4, 0.5) is 0 Å². The van der Waals surface area contributed by atoms with Gasteiger partial charge in [-0.15, -0.1) is 0 Å². The van der Waals surface area contributed by atoms with Gasteiger partial charge in [0.1, 0.15) is 0 Å². The minimum absolute atomic E-state index is 0.956. The van der Waals surface area contributed by atoms with E-state index in [1.807, 2.05) is 0 Å². The molecule has 0 N–H and O–H groups in total. The summed E-state index contributed by atoms with van der Waals surface area (Å²) in [6.07, 6.45) is 6.07. The highest BCUT2D eigenvalue weighted by atomic mass is 14.2. The van der Waals surface area contributed by atoms with Crippen LogP contribution in [-0.2, 0) is 19.3 Å². The van der Waals surface area contributed by atoms with Gasteiger partial charge in [0.05, 0.1) is 0 Å². The molecule has 0 saturated carbocycles. The van der Waals surface area contributed by atoms with Crippen molar-refractivity contribution >= 4 is 5.57 Å². The van der Waals surface area contributed by atoms with Gasteiger partial charge >= 0.3 is 0 Å². The fourth-order valence-corrected chi connectivity index (χ4v) is 3.05. The first-order valence-corrected chi connectivity index (χ1v) is 7.17. The zero-order chi connectivity index (χ0) is 13.1. The topological polar surface area (TPSA) is 0 Å². The van der Waals surface area contributed by atoms with Crippen LogP contribution in [0, 0.1) is 0 Å². The molecule has 0 bridgehead atoms. The van der Waals surface area contributed by atoms with Gasteiger partial charge in [-0.2, -0.15) is 0 Å². The number of aryl methyl sites for hydroxylation is 1. The number of fused-ring (bicyclic) bond motifs is 1. The van der Waals surface area contributed by atoms with Crippen LogP contribution < -0.4 is 0 Å². The molecule has 0 spiro atoms. The largest absolute Gasteiger partial charge is 0.0949 e.